The van der Waals surface area contributed by atoms with E-state index in [9.17, 15) is 9.59 Å². The van der Waals surface area contributed by atoms with Crippen LogP contribution in [-0.2, 0) is 16.9 Å². The second-order valence-electron chi connectivity index (χ2n) is 7.26. The van der Waals surface area contributed by atoms with Crippen LogP contribution in [0, 0.1) is 0 Å². The summed E-state index contributed by atoms with van der Waals surface area (Å²) in [4.78, 5) is 25.7. The van der Waals surface area contributed by atoms with E-state index in [4.69, 9.17) is 4.74 Å². The van der Waals surface area contributed by atoms with E-state index in [1.165, 1.54) is 6.21 Å². The smallest absolute Gasteiger partial charge is 0.346 e. The van der Waals surface area contributed by atoms with Crippen molar-refractivity contribution in [1.82, 2.24) is 10.3 Å². The molecule has 6 nitrogen and oxygen atoms in total. The molecule has 3 amide bonds. The molecule has 0 spiro atoms. The van der Waals surface area contributed by atoms with Gasteiger partial charge in [0, 0.05) is 0 Å². The van der Waals surface area contributed by atoms with Gasteiger partial charge in [-0.2, -0.15) is 5.10 Å². The lowest BCUT2D eigenvalue weighted by molar-refractivity contribution is -0.131. The highest BCUT2D eigenvalue weighted by molar-refractivity contribution is 6.07. The van der Waals surface area contributed by atoms with Crippen LogP contribution in [0.15, 0.2) is 90.0 Å². The van der Waals surface area contributed by atoms with Gasteiger partial charge in [-0.1, -0.05) is 79.7 Å². The molecule has 0 radical (unpaired) electrons. The summed E-state index contributed by atoms with van der Waals surface area (Å²) < 4.78 is 5.83. The predicted molar refractivity (Wildman–Crippen MR) is 119 cm³/mol. The molecule has 0 bridgehead atoms. The summed E-state index contributed by atoms with van der Waals surface area (Å²) in [5, 5.41) is 7.89. The molecule has 1 atom stereocenters. The van der Waals surface area contributed by atoms with Crippen LogP contribution in [-0.4, -0.2) is 23.2 Å². The molecule has 3 aromatic rings. The number of hydrogen-bond donors (Lipinski definition) is 1. The Kier molecular flexibility index (Phi) is 5.80. The van der Waals surface area contributed by atoms with Crippen molar-refractivity contribution >= 4 is 18.2 Å². The van der Waals surface area contributed by atoms with Crippen LogP contribution in [0.2, 0.25) is 0 Å². The van der Waals surface area contributed by atoms with Crippen LogP contribution in [0.25, 0.3) is 0 Å². The largest absolute Gasteiger partial charge is 0.489 e. The van der Waals surface area contributed by atoms with Crippen LogP contribution in [0.1, 0.15) is 30.0 Å². The van der Waals surface area contributed by atoms with Crippen LogP contribution in [0.5, 0.6) is 5.75 Å². The van der Waals surface area contributed by atoms with E-state index in [2.05, 4.69) is 10.4 Å². The molecule has 1 aliphatic heterocycles. The Morgan fingerprint density at radius 2 is 1.68 bits per heavy atom. The molecule has 156 valence electrons. The molecule has 1 aliphatic rings. The fourth-order valence-electron chi connectivity index (χ4n) is 3.58. The second-order valence-corrected chi connectivity index (χ2v) is 7.26. The van der Waals surface area contributed by atoms with Crippen LogP contribution < -0.4 is 10.1 Å². The van der Waals surface area contributed by atoms with Crippen molar-refractivity contribution < 1.29 is 14.3 Å². The van der Waals surface area contributed by atoms with E-state index >= 15 is 0 Å². The van der Waals surface area contributed by atoms with E-state index in [1.807, 2.05) is 91.9 Å². The molecule has 4 rings (SSSR count). The first kappa shape index (κ1) is 20.3. The lowest BCUT2D eigenvalue weighted by Gasteiger charge is -2.24. The molecule has 31 heavy (non-hydrogen) atoms. The first-order valence-electron chi connectivity index (χ1n) is 10.2. The number of ether oxygens (including phenoxy) is 1. The van der Waals surface area contributed by atoms with Gasteiger partial charge in [0.05, 0.1) is 6.21 Å². The van der Waals surface area contributed by atoms with Crippen molar-refractivity contribution in [3.8, 4) is 5.75 Å². The fraction of sp³-hybridized carbons (Fsp3) is 0.160. The third-order valence-electron chi connectivity index (χ3n) is 5.30. The number of rotatable bonds is 7. The number of benzene rings is 3. The molecule has 0 unspecified atom stereocenters. The standard InChI is InChI=1S/C25H23N3O3/c1-2-25(21-13-7-4-8-14-21)23(29)28(24(30)27-25)26-17-20-12-9-15-22(16-20)31-18-19-10-5-3-6-11-19/h3-17H,2,18H2,1H3,(H,27,30)/b26-17-/t25-/m0/s1. The van der Waals surface area contributed by atoms with Crippen LogP contribution in [0.4, 0.5) is 4.79 Å². The number of hydrazone groups is 1. The molecule has 0 aliphatic carbocycles. The minimum absolute atomic E-state index is 0.390. The van der Waals surface area contributed by atoms with Gasteiger partial charge >= 0.3 is 6.03 Å². The Morgan fingerprint density at radius 1 is 0.968 bits per heavy atom. The molecule has 6 heteroatoms. The van der Waals surface area contributed by atoms with Crippen molar-refractivity contribution in [2.24, 2.45) is 5.10 Å². The zero-order chi connectivity index (χ0) is 21.7. The van der Waals surface area contributed by atoms with E-state index in [0.717, 1.165) is 21.7 Å². The van der Waals surface area contributed by atoms with Gasteiger partial charge in [0.15, 0.2) is 0 Å². The predicted octanol–water partition coefficient (Wildman–Crippen LogP) is 4.46. The van der Waals surface area contributed by atoms with Gasteiger partial charge in [-0.3, -0.25) is 4.79 Å². The summed E-state index contributed by atoms with van der Waals surface area (Å²) in [5.74, 6) is 0.288. The summed E-state index contributed by atoms with van der Waals surface area (Å²) in [6, 6.07) is 25.9. The monoisotopic (exact) mass is 413 g/mol. The van der Waals surface area contributed by atoms with E-state index in [-0.39, 0.29) is 5.91 Å². The Hall–Kier alpha value is -3.93. The van der Waals surface area contributed by atoms with Crippen LogP contribution >= 0.6 is 0 Å². The minimum Gasteiger partial charge on any atom is -0.489 e. The molecule has 1 fully saturated rings. The minimum atomic E-state index is -1.10. The Morgan fingerprint density at radius 3 is 2.39 bits per heavy atom. The van der Waals surface area contributed by atoms with Crippen LogP contribution in [0.3, 0.4) is 0 Å². The molecule has 1 heterocycles. The number of carbonyl (C=O) groups is 2. The number of carbonyl (C=O) groups excluding carboxylic acids is 2. The Balaban J connectivity index is 1.49. The molecule has 1 saturated heterocycles. The van der Waals surface area contributed by atoms with E-state index in [0.29, 0.717) is 18.8 Å². The van der Waals surface area contributed by atoms with E-state index < -0.39 is 11.6 Å². The van der Waals surface area contributed by atoms with Crippen molar-refractivity contribution in [1.29, 1.82) is 0 Å². The SMILES string of the molecule is CC[C@@]1(c2ccccc2)NC(=O)N(/N=C\c2cccc(OCc3ccccc3)c2)C1=O. The van der Waals surface area contributed by atoms with E-state index in [1.54, 1.807) is 0 Å². The van der Waals surface area contributed by atoms with Gasteiger partial charge < -0.3 is 10.1 Å². The molecule has 3 aromatic carbocycles. The highest BCUT2D eigenvalue weighted by atomic mass is 16.5. The summed E-state index contributed by atoms with van der Waals surface area (Å²) >= 11 is 0. The molecule has 0 aromatic heterocycles. The summed E-state index contributed by atoms with van der Waals surface area (Å²) in [5.41, 5.74) is 1.43. The Bertz CT molecular complexity index is 1100. The summed E-state index contributed by atoms with van der Waals surface area (Å²) in [7, 11) is 0. The first-order chi connectivity index (χ1) is 15.1. The summed E-state index contributed by atoms with van der Waals surface area (Å²) in [6.45, 7) is 2.32. The number of hydrogen-bond acceptors (Lipinski definition) is 4. The molecular formula is C25H23N3O3. The van der Waals surface area contributed by atoms with Gasteiger partial charge in [0.1, 0.15) is 17.9 Å². The zero-order valence-corrected chi connectivity index (χ0v) is 17.2. The topological polar surface area (TPSA) is 71.0 Å². The Labute approximate surface area is 181 Å². The molecule has 0 saturated carbocycles. The summed E-state index contributed by atoms with van der Waals surface area (Å²) in [6.07, 6.45) is 1.92. The maximum Gasteiger partial charge on any atom is 0.346 e. The molecular weight excluding hydrogens is 390 g/mol. The number of urea groups is 1. The average molecular weight is 413 g/mol. The first-order valence-corrected chi connectivity index (χ1v) is 10.2. The highest BCUT2D eigenvalue weighted by Gasteiger charge is 2.51. The zero-order valence-electron chi connectivity index (χ0n) is 17.2. The van der Waals surface area contributed by atoms with Gasteiger partial charge in [-0.25, -0.2) is 4.79 Å². The third kappa shape index (κ3) is 4.19. The van der Waals surface area contributed by atoms with Crippen molar-refractivity contribution in [3.05, 3.63) is 102 Å². The third-order valence-corrected chi connectivity index (χ3v) is 5.30. The number of nitrogens with one attached hydrogen (secondary N) is 1. The quantitative estimate of drug-likeness (QED) is 0.459. The van der Waals surface area contributed by atoms with Crippen molar-refractivity contribution in [2.45, 2.75) is 25.5 Å². The van der Waals surface area contributed by atoms with Gasteiger partial charge in [0.25, 0.3) is 5.91 Å². The maximum atomic E-state index is 13.1. The lowest BCUT2D eigenvalue weighted by atomic mass is 9.87. The second kappa shape index (κ2) is 8.83. The van der Waals surface area contributed by atoms with Gasteiger partial charge in [-0.15, -0.1) is 5.01 Å². The van der Waals surface area contributed by atoms with Crippen molar-refractivity contribution in [2.75, 3.05) is 0 Å². The maximum absolute atomic E-state index is 13.1. The molecule has 1 N–H and O–H groups in total. The average Bonchev–Trinajstić information content (AvgIpc) is 3.07. The number of imide groups is 1. The lowest BCUT2D eigenvalue weighted by Crippen LogP contribution is -2.43. The fourth-order valence-corrected chi connectivity index (χ4v) is 3.58. The normalized spacial score (nSPS) is 18.4. The number of nitrogens with zero attached hydrogens (tertiary/aromatic N) is 2. The van der Waals surface area contributed by atoms with Gasteiger partial charge in [0.2, 0.25) is 0 Å². The van der Waals surface area contributed by atoms with Gasteiger partial charge in [-0.05, 0) is 35.2 Å². The number of amides is 3. The highest BCUT2D eigenvalue weighted by Crippen LogP contribution is 2.32. The van der Waals surface area contributed by atoms with Crippen molar-refractivity contribution in [3.63, 3.8) is 0 Å².